The summed E-state index contributed by atoms with van der Waals surface area (Å²) in [5, 5.41) is 0.895. The summed E-state index contributed by atoms with van der Waals surface area (Å²) >= 11 is 0. The van der Waals surface area contributed by atoms with Crippen LogP contribution in [0.4, 0.5) is 5.69 Å². The molecule has 21 heavy (non-hydrogen) atoms. The molecule has 2 rings (SSSR count). The van der Waals surface area contributed by atoms with E-state index in [0.717, 1.165) is 22.9 Å². The number of nitrogen functional groups attached to an aromatic ring is 1. The Bertz CT molecular complexity index is 609. The number of H-pyrrole nitrogens is 1. The first-order valence-corrected chi connectivity index (χ1v) is 6.78. The predicted octanol–water partition coefficient (Wildman–Crippen LogP) is 2.40. The largest absolute Gasteiger partial charge is 0.493 e. The van der Waals surface area contributed by atoms with Crippen molar-refractivity contribution in [3.05, 3.63) is 23.9 Å². The molecule has 0 fully saturated rings. The van der Waals surface area contributed by atoms with Gasteiger partial charge in [-0.05, 0) is 13.0 Å². The Balaban J connectivity index is 2.24. The van der Waals surface area contributed by atoms with Crippen molar-refractivity contribution in [3.8, 4) is 5.75 Å². The molecule has 0 aliphatic carbocycles. The van der Waals surface area contributed by atoms with Crippen molar-refractivity contribution in [2.24, 2.45) is 0 Å². The second-order valence-electron chi connectivity index (χ2n) is 4.75. The van der Waals surface area contributed by atoms with Crippen molar-refractivity contribution in [2.75, 3.05) is 26.1 Å². The Morgan fingerprint density at radius 3 is 2.90 bits per heavy atom. The standard InChI is InChI=1S/C15H20N2O4/c1-10(21-9-18)13-8-17-15-12(13)6-11(7-14(15)16)20-5-3-4-19-2/h6-10,17H,3-5,16H2,1-2H3. The van der Waals surface area contributed by atoms with Gasteiger partial charge in [-0.15, -0.1) is 0 Å². The van der Waals surface area contributed by atoms with E-state index < -0.39 is 0 Å². The molecule has 0 saturated heterocycles. The van der Waals surface area contributed by atoms with E-state index in [0.29, 0.717) is 31.1 Å². The van der Waals surface area contributed by atoms with Gasteiger partial charge in [0.05, 0.1) is 17.8 Å². The molecule has 6 heteroatoms. The average Bonchev–Trinajstić information content (AvgIpc) is 2.88. The van der Waals surface area contributed by atoms with Crippen LogP contribution in [0, 0.1) is 0 Å². The molecule has 0 saturated carbocycles. The van der Waals surface area contributed by atoms with Crippen LogP contribution >= 0.6 is 0 Å². The fourth-order valence-corrected chi connectivity index (χ4v) is 2.22. The molecule has 114 valence electrons. The van der Waals surface area contributed by atoms with Gasteiger partial charge in [-0.25, -0.2) is 0 Å². The molecule has 3 N–H and O–H groups in total. The molecule has 1 unspecified atom stereocenters. The summed E-state index contributed by atoms with van der Waals surface area (Å²) in [5.74, 6) is 0.690. The minimum absolute atomic E-state index is 0.348. The van der Waals surface area contributed by atoms with Crippen LogP contribution in [0.2, 0.25) is 0 Å². The van der Waals surface area contributed by atoms with E-state index in [4.69, 9.17) is 19.9 Å². The minimum atomic E-state index is -0.348. The Labute approximate surface area is 123 Å². The number of carbonyl (C=O) groups excluding carboxylic acids is 1. The summed E-state index contributed by atoms with van der Waals surface area (Å²) in [7, 11) is 1.66. The van der Waals surface area contributed by atoms with E-state index in [-0.39, 0.29) is 6.10 Å². The SMILES string of the molecule is COCCCOc1cc(N)c2[nH]cc(C(C)OC=O)c2c1. The van der Waals surface area contributed by atoms with Crippen LogP contribution in [-0.2, 0) is 14.3 Å². The van der Waals surface area contributed by atoms with Gasteiger partial charge in [-0.2, -0.15) is 0 Å². The zero-order valence-electron chi connectivity index (χ0n) is 12.2. The first-order chi connectivity index (χ1) is 10.2. The van der Waals surface area contributed by atoms with Crippen LogP contribution in [0.1, 0.15) is 25.0 Å². The van der Waals surface area contributed by atoms with Crippen molar-refractivity contribution in [3.63, 3.8) is 0 Å². The van der Waals surface area contributed by atoms with Crippen LogP contribution in [0.3, 0.4) is 0 Å². The zero-order chi connectivity index (χ0) is 15.2. The summed E-state index contributed by atoms with van der Waals surface area (Å²) in [6.07, 6.45) is 2.25. The van der Waals surface area contributed by atoms with Gasteiger partial charge in [-0.3, -0.25) is 4.79 Å². The van der Waals surface area contributed by atoms with Crippen LogP contribution in [0.5, 0.6) is 5.75 Å². The van der Waals surface area contributed by atoms with E-state index in [1.807, 2.05) is 6.07 Å². The molecule has 6 nitrogen and oxygen atoms in total. The summed E-state index contributed by atoms with van der Waals surface area (Å²) in [6.45, 7) is 3.45. The average molecular weight is 292 g/mol. The van der Waals surface area contributed by atoms with E-state index in [1.54, 1.807) is 26.3 Å². The first kappa shape index (κ1) is 15.2. The molecule has 0 aliphatic heterocycles. The van der Waals surface area contributed by atoms with Gasteiger partial charge in [0, 0.05) is 43.4 Å². The fraction of sp³-hybridized carbons (Fsp3) is 0.400. The van der Waals surface area contributed by atoms with Crippen molar-refractivity contribution in [1.29, 1.82) is 0 Å². The van der Waals surface area contributed by atoms with Gasteiger partial charge in [0.25, 0.3) is 6.47 Å². The Kier molecular flexibility index (Phi) is 5.05. The van der Waals surface area contributed by atoms with Gasteiger partial charge >= 0.3 is 0 Å². The number of anilines is 1. The smallest absolute Gasteiger partial charge is 0.293 e. The van der Waals surface area contributed by atoms with Crippen LogP contribution in [0.15, 0.2) is 18.3 Å². The summed E-state index contributed by atoms with van der Waals surface area (Å²) in [5.41, 5.74) is 8.31. The maximum Gasteiger partial charge on any atom is 0.293 e. The monoisotopic (exact) mass is 292 g/mol. The van der Waals surface area contributed by atoms with Crippen LogP contribution in [0.25, 0.3) is 10.9 Å². The van der Waals surface area contributed by atoms with Crippen molar-refractivity contribution < 1.29 is 19.0 Å². The van der Waals surface area contributed by atoms with Gasteiger partial charge < -0.3 is 24.9 Å². The first-order valence-electron chi connectivity index (χ1n) is 6.78. The van der Waals surface area contributed by atoms with E-state index in [9.17, 15) is 4.79 Å². The summed E-state index contributed by atoms with van der Waals surface area (Å²) in [6, 6.07) is 3.68. The van der Waals surface area contributed by atoms with Crippen molar-refractivity contribution in [1.82, 2.24) is 4.98 Å². The molecule has 1 aromatic heterocycles. The molecular weight excluding hydrogens is 272 g/mol. The molecule has 0 bridgehead atoms. The Hall–Kier alpha value is -2.21. The molecule has 1 atom stereocenters. The van der Waals surface area contributed by atoms with Crippen LogP contribution in [-0.4, -0.2) is 31.8 Å². The van der Waals surface area contributed by atoms with Gasteiger partial charge in [0.1, 0.15) is 11.9 Å². The second-order valence-corrected chi connectivity index (χ2v) is 4.75. The van der Waals surface area contributed by atoms with Gasteiger partial charge in [0.2, 0.25) is 0 Å². The number of aromatic amines is 1. The number of methoxy groups -OCH3 is 1. The molecule has 0 spiro atoms. The summed E-state index contributed by atoms with van der Waals surface area (Å²) < 4.78 is 15.6. The molecule has 0 amide bonds. The molecule has 1 aromatic carbocycles. The number of nitrogens with one attached hydrogen (secondary N) is 1. The highest BCUT2D eigenvalue weighted by Crippen LogP contribution is 2.33. The quantitative estimate of drug-likeness (QED) is 0.443. The zero-order valence-corrected chi connectivity index (χ0v) is 12.2. The fourth-order valence-electron chi connectivity index (χ4n) is 2.22. The lowest BCUT2D eigenvalue weighted by atomic mass is 10.1. The highest BCUT2D eigenvalue weighted by atomic mass is 16.5. The van der Waals surface area contributed by atoms with E-state index in [2.05, 4.69) is 4.98 Å². The lowest BCUT2D eigenvalue weighted by Crippen LogP contribution is -2.02. The predicted molar refractivity (Wildman–Crippen MR) is 80.3 cm³/mol. The number of carbonyl (C=O) groups is 1. The lowest BCUT2D eigenvalue weighted by molar-refractivity contribution is -0.133. The van der Waals surface area contributed by atoms with Crippen LogP contribution < -0.4 is 10.5 Å². The second kappa shape index (κ2) is 6.99. The molecule has 1 heterocycles. The number of rotatable bonds is 8. The third-order valence-electron chi connectivity index (χ3n) is 3.28. The number of ether oxygens (including phenoxy) is 3. The molecule has 2 aromatic rings. The number of nitrogens with two attached hydrogens (primary N) is 1. The number of fused-ring (bicyclic) bond motifs is 1. The van der Waals surface area contributed by atoms with Gasteiger partial charge in [0.15, 0.2) is 0 Å². The maximum atomic E-state index is 10.5. The van der Waals surface area contributed by atoms with E-state index in [1.165, 1.54) is 0 Å². The molecular formula is C15H20N2O4. The van der Waals surface area contributed by atoms with Crippen molar-refractivity contribution in [2.45, 2.75) is 19.4 Å². The number of aromatic nitrogens is 1. The third kappa shape index (κ3) is 3.46. The van der Waals surface area contributed by atoms with Gasteiger partial charge in [-0.1, -0.05) is 0 Å². The highest BCUT2D eigenvalue weighted by Gasteiger charge is 2.14. The third-order valence-corrected chi connectivity index (χ3v) is 3.28. The molecule has 0 aliphatic rings. The summed E-state index contributed by atoms with van der Waals surface area (Å²) in [4.78, 5) is 13.6. The Morgan fingerprint density at radius 1 is 1.38 bits per heavy atom. The minimum Gasteiger partial charge on any atom is -0.493 e. The normalized spacial score (nSPS) is 12.3. The maximum absolute atomic E-state index is 10.5. The lowest BCUT2D eigenvalue weighted by Gasteiger charge is -2.10. The number of benzene rings is 1. The highest BCUT2D eigenvalue weighted by molar-refractivity contribution is 5.94. The Morgan fingerprint density at radius 2 is 2.19 bits per heavy atom. The topological polar surface area (TPSA) is 86.6 Å². The van der Waals surface area contributed by atoms with Crippen molar-refractivity contribution >= 4 is 23.1 Å². The van der Waals surface area contributed by atoms with E-state index >= 15 is 0 Å². The number of hydrogen-bond donors (Lipinski definition) is 2. The number of hydrogen-bond acceptors (Lipinski definition) is 5. The molecule has 0 radical (unpaired) electrons.